The summed E-state index contributed by atoms with van der Waals surface area (Å²) in [6.45, 7) is 0. The van der Waals surface area contributed by atoms with Crippen molar-refractivity contribution in [1.29, 1.82) is 0 Å². The number of rotatable bonds is 0. The van der Waals surface area contributed by atoms with Crippen LogP contribution in [0.4, 0.5) is 0 Å². The summed E-state index contributed by atoms with van der Waals surface area (Å²) in [6.07, 6.45) is 5.24. The zero-order valence-electron chi connectivity index (χ0n) is 6.09. The van der Waals surface area contributed by atoms with Crippen LogP contribution in [-0.4, -0.2) is 0 Å². The first-order valence-electron chi connectivity index (χ1n) is 3.62. The van der Waals surface area contributed by atoms with Gasteiger partial charge in [-0.05, 0) is 17.5 Å². The van der Waals surface area contributed by atoms with E-state index in [0.29, 0.717) is 6.04 Å². The minimum absolute atomic E-state index is 0.602. The van der Waals surface area contributed by atoms with E-state index in [0.717, 1.165) is 6.42 Å². The lowest BCUT2D eigenvalue weighted by molar-refractivity contribution is 1.31. The molecule has 1 aromatic carbocycles. The van der Waals surface area contributed by atoms with Crippen LogP contribution in [0.3, 0.4) is 0 Å². The highest BCUT2D eigenvalue weighted by molar-refractivity contribution is 5.59. The highest BCUT2D eigenvalue weighted by Gasteiger charge is 2.00. The van der Waals surface area contributed by atoms with Crippen LogP contribution in [0.2, 0.25) is 0 Å². The van der Waals surface area contributed by atoms with Gasteiger partial charge in [0, 0.05) is 0 Å². The molecule has 0 saturated carbocycles. The fraction of sp³-hybridized carbons (Fsp3) is 0.111. The fourth-order valence-electron chi connectivity index (χ4n) is 1.13. The lowest BCUT2D eigenvalue weighted by Crippen LogP contribution is -1.76. The molecule has 0 saturated heterocycles. The first-order chi connectivity index (χ1) is 4.86. The molecule has 0 atom stereocenters. The number of hydrogen-bond donors (Lipinski definition) is 0. The van der Waals surface area contributed by atoms with Gasteiger partial charge in [0.1, 0.15) is 0 Å². The Balaban J connectivity index is 2.60. The zero-order chi connectivity index (χ0) is 6.97. The average molecular weight is 117 g/mol. The van der Waals surface area contributed by atoms with E-state index in [-0.39, 0.29) is 0 Å². The third-order valence-electron chi connectivity index (χ3n) is 1.63. The highest BCUT2D eigenvalue weighted by atomic mass is 14.0. The Labute approximate surface area is 56.2 Å². The molecular weight excluding hydrogens is 108 g/mol. The minimum Gasteiger partial charge on any atom is -0.0795 e. The van der Waals surface area contributed by atoms with Gasteiger partial charge in [-0.15, -0.1) is 0 Å². The molecule has 2 rings (SSSR count). The number of allylic oxidation sites excluding steroid dienone is 1. The molecule has 0 N–H and O–H groups in total. The Hall–Kier alpha value is -1.04. The van der Waals surface area contributed by atoms with Crippen LogP contribution in [0, 0.1) is 0 Å². The lowest BCUT2D eigenvalue weighted by atomic mass is 10.1. The predicted molar refractivity (Wildman–Crippen MR) is 39.2 cm³/mol. The molecule has 1 aliphatic rings. The van der Waals surface area contributed by atoms with E-state index in [9.17, 15) is 0 Å². The van der Waals surface area contributed by atoms with E-state index in [1.807, 2.05) is 18.2 Å². The average Bonchev–Trinajstić information content (AvgIpc) is 2.33. The molecule has 9 heavy (non-hydrogen) atoms. The third-order valence-corrected chi connectivity index (χ3v) is 1.63. The van der Waals surface area contributed by atoms with Gasteiger partial charge in [0.05, 0.1) is 1.37 Å². The molecule has 1 aromatic rings. The molecule has 0 aliphatic heterocycles. The normalized spacial score (nSPS) is 15.3. The van der Waals surface area contributed by atoms with Gasteiger partial charge in [-0.3, -0.25) is 0 Å². The van der Waals surface area contributed by atoms with E-state index in [1.54, 1.807) is 0 Å². The van der Waals surface area contributed by atoms with Crippen molar-refractivity contribution >= 4 is 6.08 Å². The maximum Gasteiger partial charge on any atom is 0.0623 e. The van der Waals surface area contributed by atoms with Crippen molar-refractivity contribution in [3.05, 3.63) is 41.4 Å². The Morgan fingerprint density at radius 2 is 2.44 bits per heavy atom. The summed E-state index contributed by atoms with van der Waals surface area (Å²) in [6, 6.07) is 6.37. The summed E-state index contributed by atoms with van der Waals surface area (Å²) in [5, 5.41) is 0. The maximum absolute atomic E-state index is 7.33. The van der Waals surface area contributed by atoms with Gasteiger partial charge in [0.15, 0.2) is 0 Å². The van der Waals surface area contributed by atoms with E-state index in [1.165, 1.54) is 11.1 Å². The number of hydrogen-bond acceptors (Lipinski definition) is 0. The van der Waals surface area contributed by atoms with Crippen LogP contribution in [0.1, 0.15) is 12.5 Å². The Morgan fingerprint density at radius 3 is 3.44 bits per heavy atom. The minimum atomic E-state index is 0.602. The van der Waals surface area contributed by atoms with Crippen LogP contribution in [0.25, 0.3) is 6.08 Å². The molecule has 1 aliphatic carbocycles. The standard InChI is InChI=1S/C9H8/c1-2-5-9-7-3-6-8(9)4-1/h1-6H,7H2/i1D. The summed E-state index contributed by atoms with van der Waals surface area (Å²) in [4.78, 5) is 0. The van der Waals surface area contributed by atoms with Crippen molar-refractivity contribution in [2.24, 2.45) is 0 Å². The molecule has 0 bridgehead atoms. The molecule has 44 valence electrons. The Morgan fingerprint density at radius 1 is 1.44 bits per heavy atom. The van der Waals surface area contributed by atoms with Crippen molar-refractivity contribution in [2.75, 3.05) is 0 Å². The van der Waals surface area contributed by atoms with Crippen molar-refractivity contribution < 1.29 is 1.37 Å². The van der Waals surface area contributed by atoms with E-state index in [2.05, 4.69) is 12.2 Å². The predicted octanol–water partition coefficient (Wildman–Crippen LogP) is 2.26. The van der Waals surface area contributed by atoms with E-state index >= 15 is 0 Å². The van der Waals surface area contributed by atoms with Gasteiger partial charge >= 0.3 is 0 Å². The third kappa shape index (κ3) is 0.672. The van der Waals surface area contributed by atoms with Gasteiger partial charge in [-0.2, -0.15) is 0 Å². The summed E-state index contributed by atoms with van der Waals surface area (Å²) in [7, 11) is 0. The van der Waals surface area contributed by atoms with Gasteiger partial charge in [0.2, 0.25) is 0 Å². The van der Waals surface area contributed by atoms with Crippen LogP contribution < -0.4 is 0 Å². The van der Waals surface area contributed by atoms with Crippen molar-refractivity contribution in [3.8, 4) is 0 Å². The van der Waals surface area contributed by atoms with Gasteiger partial charge < -0.3 is 0 Å². The number of benzene rings is 1. The molecule has 0 heterocycles. The molecular formula is C9H8. The molecule has 0 unspecified atom stereocenters. The Kier molecular flexibility index (Phi) is 0.746. The SMILES string of the molecule is [2H]c1ccc2c(c1)C=CC2. The smallest absolute Gasteiger partial charge is 0.0623 e. The first-order valence-corrected chi connectivity index (χ1v) is 3.12. The first kappa shape index (κ1) is 3.89. The number of fused-ring (bicyclic) bond motifs is 1. The van der Waals surface area contributed by atoms with Crippen LogP contribution >= 0.6 is 0 Å². The van der Waals surface area contributed by atoms with Crippen LogP contribution in [-0.2, 0) is 6.42 Å². The van der Waals surface area contributed by atoms with Gasteiger partial charge in [-0.1, -0.05) is 36.4 Å². The second-order valence-corrected chi connectivity index (χ2v) is 2.23. The van der Waals surface area contributed by atoms with E-state index in [4.69, 9.17) is 1.37 Å². The molecule has 0 nitrogen and oxygen atoms in total. The topological polar surface area (TPSA) is 0 Å². The fourth-order valence-corrected chi connectivity index (χ4v) is 1.13. The van der Waals surface area contributed by atoms with Crippen LogP contribution in [0.15, 0.2) is 30.3 Å². The summed E-state index contributed by atoms with van der Waals surface area (Å²) in [5.41, 5.74) is 2.56. The van der Waals surface area contributed by atoms with Gasteiger partial charge in [-0.25, -0.2) is 0 Å². The molecule has 0 spiro atoms. The Bertz CT molecular complexity index is 287. The monoisotopic (exact) mass is 117 g/mol. The molecule has 0 heteroatoms. The van der Waals surface area contributed by atoms with Crippen LogP contribution in [0.5, 0.6) is 0 Å². The molecule has 0 radical (unpaired) electrons. The quantitative estimate of drug-likeness (QED) is 0.489. The molecule has 0 aromatic heterocycles. The van der Waals surface area contributed by atoms with Gasteiger partial charge in [0.25, 0.3) is 0 Å². The van der Waals surface area contributed by atoms with Crippen molar-refractivity contribution in [2.45, 2.75) is 6.42 Å². The summed E-state index contributed by atoms with van der Waals surface area (Å²) < 4.78 is 7.33. The second-order valence-electron chi connectivity index (χ2n) is 2.23. The zero-order valence-corrected chi connectivity index (χ0v) is 5.09. The lowest BCUT2D eigenvalue weighted by Gasteiger charge is -1.93. The second kappa shape index (κ2) is 1.73. The van der Waals surface area contributed by atoms with Crippen molar-refractivity contribution in [3.63, 3.8) is 0 Å². The molecule has 0 fully saturated rings. The molecule has 0 amide bonds. The summed E-state index contributed by atoms with van der Waals surface area (Å²) >= 11 is 0. The highest BCUT2D eigenvalue weighted by Crippen LogP contribution is 2.17. The summed E-state index contributed by atoms with van der Waals surface area (Å²) in [5.74, 6) is 0. The largest absolute Gasteiger partial charge is 0.0795 e. The maximum atomic E-state index is 7.33. The van der Waals surface area contributed by atoms with Crippen molar-refractivity contribution in [1.82, 2.24) is 0 Å². The van der Waals surface area contributed by atoms with E-state index < -0.39 is 0 Å².